The van der Waals surface area contributed by atoms with Crippen LogP contribution >= 0.6 is 11.3 Å². The second-order valence-electron chi connectivity index (χ2n) is 6.10. The third-order valence-corrected chi connectivity index (χ3v) is 4.86. The van der Waals surface area contributed by atoms with Crippen LogP contribution < -0.4 is 15.4 Å². The van der Waals surface area contributed by atoms with Crippen molar-refractivity contribution in [3.05, 3.63) is 66.2 Å². The lowest BCUT2D eigenvalue weighted by Gasteiger charge is -2.11. The number of anilines is 1. The summed E-state index contributed by atoms with van der Waals surface area (Å²) < 4.78 is 5.09. The summed E-state index contributed by atoms with van der Waals surface area (Å²) in [7, 11) is 1.59. The molecule has 1 heterocycles. The van der Waals surface area contributed by atoms with E-state index in [2.05, 4.69) is 20.8 Å². The van der Waals surface area contributed by atoms with Crippen LogP contribution in [0, 0.1) is 0 Å². The fraction of sp³-hybridized carbons (Fsp3) is 0.143. The van der Waals surface area contributed by atoms with Gasteiger partial charge in [0.05, 0.1) is 7.11 Å². The first kappa shape index (κ1) is 20.2. The van der Waals surface area contributed by atoms with E-state index in [4.69, 9.17) is 4.74 Å². The summed E-state index contributed by atoms with van der Waals surface area (Å²) in [6.45, 7) is 1.60. The second kappa shape index (κ2) is 9.61. The van der Waals surface area contributed by atoms with E-state index in [0.29, 0.717) is 10.1 Å². The minimum atomic E-state index is -0.730. The smallest absolute Gasteiger partial charge is 0.248 e. The zero-order chi connectivity index (χ0) is 20.6. The number of hydrogen-bond acceptors (Lipinski definition) is 6. The Hall–Kier alpha value is -3.52. The number of amides is 2. The lowest BCUT2D eigenvalue weighted by Crippen LogP contribution is -2.40. The standard InChI is InChI=1S/C21H20N4O3S/c1-14(22-18(26)13-10-15-8-11-17(28-2)12-9-15)19(27)23-21-25-24-20(29-21)16-6-4-3-5-7-16/h3-14H,1-2H3,(H,22,26)(H,23,25,27)/b13-10+/t14-/m1/s1. The van der Waals surface area contributed by atoms with Gasteiger partial charge in [-0.2, -0.15) is 0 Å². The molecule has 1 aromatic heterocycles. The molecule has 0 saturated carbocycles. The van der Waals surface area contributed by atoms with E-state index in [-0.39, 0.29) is 11.8 Å². The number of nitrogens with one attached hydrogen (secondary N) is 2. The summed E-state index contributed by atoms with van der Waals surface area (Å²) in [5.74, 6) is 0.00154. The molecule has 2 N–H and O–H groups in total. The predicted octanol–water partition coefficient (Wildman–Crippen LogP) is 3.37. The molecule has 2 aromatic carbocycles. The van der Waals surface area contributed by atoms with Crippen LogP contribution in [0.1, 0.15) is 12.5 Å². The zero-order valence-electron chi connectivity index (χ0n) is 16.0. The molecule has 0 fully saturated rings. The van der Waals surface area contributed by atoms with Crippen molar-refractivity contribution >= 4 is 34.4 Å². The van der Waals surface area contributed by atoms with E-state index < -0.39 is 6.04 Å². The average molecular weight is 408 g/mol. The van der Waals surface area contributed by atoms with Gasteiger partial charge in [0.2, 0.25) is 16.9 Å². The number of methoxy groups -OCH3 is 1. The highest BCUT2D eigenvalue weighted by atomic mass is 32.1. The minimum Gasteiger partial charge on any atom is -0.497 e. The van der Waals surface area contributed by atoms with Gasteiger partial charge in [0.15, 0.2) is 0 Å². The maximum absolute atomic E-state index is 12.3. The van der Waals surface area contributed by atoms with Gasteiger partial charge in [-0.1, -0.05) is 53.8 Å². The first-order valence-corrected chi connectivity index (χ1v) is 9.69. The highest BCUT2D eigenvalue weighted by molar-refractivity contribution is 7.18. The number of rotatable bonds is 7. The summed E-state index contributed by atoms with van der Waals surface area (Å²) in [6.07, 6.45) is 3.04. The van der Waals surface area contributed by atoms with Crippen LogP contribution in [-0.2, 0) is 9.59 Å². The van der Waals surface area contributed by atoms with Crippen LogP contribution in [-0.4, -0.2) is 35.2 Å². The van der Waals surface area contributed by atoms with E-state index in [1.165, 1.54) is 17.4 Å². The van der Waals surface area contributed by atoms with Crippen LogP contribution in [0.25, 0.3) is 16.6 Å². The Morgan fingerprint density at radius 2 is 1.79 bits per heavy atom. The lowest BCUT2D eigenvalue weighted by atomic mass is 10.2. The predicted molar refractivity (Wildman–Crippen MR) is 114 cm³/mol. The third-order valence-electron chi connectivity index (χ3n) is 3.97. The molecule has 0 saturated heterocycles. The molecule has 2 amide bonds. The van der Waals surface area contributed by atoms with Gasteiger partial charge in [0, 0.05) is 11.6 Å². The number of benzene rings is 2. The number of carbonyl (C=O) groups excluding carboxylic acids is 2. The number of hydrogen-bond donors (Lipinski definition) is 2. The third kappa shape index (κ3) is 5.73. The molecular formula is C21H20N4O3S. The minimum absolute atomic E-state index is 0.369. The number of carbonyl (C=O) groups is 2. The maximum Gasteiger partial charge on any atom is 0.248 e. The molecule has 3 aromatic rings. The molecule has 0 bridgehead atoms. The monoisotopic (exact) mass is 408 g/mol. The van der Waals surface area contributed by atoms with Crippen molar-refractivity contribution in [2.45, 2.75) is 13.0 Å². The Labute approximate surface area is 172 Å². The summed E-state index contributed by atoms with van der Waals surface area (Å²) >= 11 is 1.27. The molecule has 0 radical (unpaired) electrons. The summed E-state index contributed by atoms with van der Waals surface area (Å²) in [5.41, 5.74) is 1.77. The average Bonchev–Trinajstić information content (AvgIpc) is 3.21. The highest BCUT2D eigenvalue weighted by Gasteiger charge is 2.17. The Balaban J connectivity index is 1.52. The van der Waals surface area contributed by atoms with Crippen molar-refractivity contribution in [2.24, 2.45) is 0 Å². The molecule has 8 heteroatoms. The molecule has 0 unspecified atom stereocenters. The van der Waals surface area contributed by atoms with E-state index in [9.17, 15) is 9.59 Å². The van der Waals surface area contributed by atoms with E-state index >= 15 is 0 Å². The Morgan fingerprint density at radius 3 is 2.48 bits per heavy atom. The van der Waals surface area contributed by atoms with Crippen molar-refractivity contribution in [1.82, 2.24) is 15.5 Å². The SMILES string of the molecule is COc1ccc(/C=C/C(=O)N[C@H](C)C(=O)Nc2nnc(-c3ccccc3)s2)cc1. The second-order valence-corrected chi connectivity index (χ2v) is 7.08. The first-order chi connectivity index (χ1) is 14.0. The fourth-order valence-corrected chi connectivity index (χ4v) is 3.15. The highest BCUT2D eigenvalue weighted by Crippen LogP contribution is 2.25. The Kier molecular flexibility index (Phi) is 6.70. The quantitative estimate of drug-likeness (QED) is 0.585. The van der Waals surface area contributed by atoms with Gasteiger partial charge < -0.3 is 10.1 Å². The molecule has 0 aliphatic heterocycles. The van der Waals surface area contributed by atoms with Crippen molar-refractivity contribution in [3.8, 4) is 16.3 Å². The molecular weight excluding hydrogens is 388 g/mol. The van der Waals surface area contributed by atoms with Gasteiger partial charge in [0.25, 0.3) is 0 Å². The molecule has 3 rings (SSSR count). The molecule has 1 atom stereocenters. The van der Waals surface area contributed by atoms with Crippen LogP contribution in [0.3, 0.4) is 0 Å². The van der Waals surface area contributed by atoms with Crippen LogP contribution in [0.5, 0.6) is 5.75 Å². The van der Waals surface area contributed by atoms with Crippen molar-refractivity contribution in [2.75, 3.05) is 12.4 Å². The van der Waals surface area contributed by atoms with Gasteiger partial charge in [0.1, 0.15) is 16.8 Å². The summed E-state index contributed by atoms with van der Waals surface area (Å²) in [5, 5.41) is 14.5. The number of ether oxygens (including phenoxy) is 1. The van der Waals surface area contributed by atoms with E-state index in [1.807, 2.05) is 42.5 Å². The van der Waals surface area contributed by atoms with Gasteiger partial charge in [-0.3, -0.25) is 14.9 Å². The molecule has 0 spiro atoms. The molecule has 7 nitrogen and oxygen atoms in total. The maximum atomic E-state index is 12.3. The van der Waals surface area contributed by atoms with Gasteiger partial charge in [-0.25, -0.2) is 0 Å². The molecule has 0 aliphatic rings. The fourth-order valence-electron chi connectivity index (χ4n) is 2.40. The summed E-state index contributed by atoms with van der Waals surface area (Å²) in [4.78, 5) is 24.4. The van der Waals surface area contributed by atoms with Crippen molar-refractivity contribution in [3.63, 3.8) is 0 Å². The largest absolute Gasteiger partial charge is 0.497 e. The van der Waals surface area contributed by atoms with Gasteiger partial charge in [-0.15, -0.1) is 10.2 Å². The molecule has 148 valence electrons. The normalized spacial score (nSPS) is 11.8. The van der Waals surface area contributed by atoms with Gasteiger partial charge in [-0.05, 0) is 30.7 Å². The summed E-state index contributed by atoms with van der Waals surface area (Å²) in [6, 6.07) is 16.1. The van der Waals surface area contributed by atoms with E-state index in [0.717, 1.165) is 16.9 Å². The van der Waals surface area contributed by atoms with Crippen LogP contribution in [0.15, 0.2) is 60.7 Å². The van der Waals surface area contributed by atoms with Gasteiger partial charge >= 0.3 is 0 Å². The molecule has 29 heavy (non-hydrogen) atoms. The van der Waals surface area contributed by atoms with Crippen LogP contribution in [0.2, 0.25) is 0 Å². The van der Waals surface area contributed by atoms with Crippen LogP contribution in [0.4, 0.5) is 5.13 Å². The lowest BCUT2D eigenvalue weighted by molar-refractivity contribution is -0.123. The Morgan fingerprint density at radius 1 is 1.07 bits per heavy atom. The number of nitrogens with zero attached hydrogens (tertiary/aromatic N) is 2. The zero-order valence-corrected chi connectivity index (χ0v) is 16.8. The van der Waals surface area contributed by atoms with Crippen molar-refractivity contribution in [1.29, 1.82) is 0 Å². The van der Waals surface area contributed by atoms with Crippen molar-refractivity contribution < 1.29 is 14.3 Å². The first-order valence-electron chi connectivity index (χ1n) is 8.87. The topological polar surface area (TPSA) is 93.2 Å². The number of aromatic nitrogens is 2. The van der Waals surface area contributed by atoms with E-state index in [1.54, 1.807) is 32.2 Å². The Bertz CT molecular complexity index is 1000. The molecule has 0 aliphatic carbocycles.